The predicted molar refractivity (Wildman–Crippen MR) is 68.5 cm³/mol. The van der Waals surface area contributed by atoms with Crippen molar-refractivity contribution in [2.75, 3.05) is 5.73 Å². The summed E-state index contributed by atoms with van der Waals surface area (Å²) in [6.07, 6.45) is -4.15. The van der Waals surface area contributed by atoms with Crippen LogP contribution in [0.1, 0.15) is 44.2 Å². The minimum absolute atomic E-state index is 0.179. The third-order valence-electron chi connectivity index (χ3n) is 2.91. The standard InChI is InChI=1S/C14H20F3N/c1-9(2)6-10(3)12-7-11(4-5-13(12)18)8-14(15,16)17/h4-5,7,9-10H,6,8,18H2,1-3H3. The molecule has 102 valence electrons. The molecule has 1 rings (SSSR count). The van der Waals surface area contributed by atoms with Gasteiger partial charge in [-0.1, -0.05) is 32.9 Å². The van der Waals surface area contributed by atoms with Crippen molar-refractivity contribution in [3.8, 4) is 0 Å². The molecule has 0 saturated heterocycles. The quantitative estimate of drug-likeness (QED) is 0.790. The van der Waals surface area contributed by atoms with Crippen LogP contribution >= 0.6 is 0 Å². The van der Waals surface area contributed by atoms with Crippen LogP contribution in [0, 0.1) is 5.92 Å². The lowest BCUT2D eigenvalue weighted by molar-refractivity contribution is -0.127. The molecule has 2 N–H and O–H groups in total. The third-order valence-corrected chi connectivity index (χ3v) is 2.91. The van der Waals surface area contributed by atoms with Gasteiger partial charge in [0.15, 0.2) is 0 Å². The molecule has 4 heteroatoms. The highest BCUT2D eigenvalue weighted by Crippen LogP contribution is 2.30. The van der Waals surface area contributed by atoms with Crippen molar-refractivity contribution in [1.29, 1.82) is 0 Å². The molecule has 0 aliphatic carbocycles. The third kappa shape index (κ3) is 4.59. The molecule has 0 fully saturated rings. The monoisotopic (exact) mass is 259 g/mol. The lowest BCUT2D eigenvalue weighted by Crippen LogP contribution is -2.12. The van der Waals surface area contributed by atoms with E-state index >= 15 is 0 Å². The number of alkyl halides is 3. The SMILES string of the molecule is CC(C)CC(C)c1cc(CC(F)(F)F)ccc1N. The molecule has 0 saturated carbocycles. The van der Waals surface area contributed by atoms with E-state index in [1.165, 1.54) is 6.07 Å². The van der Waals surface area contributed by atoms with Crippen molar-refractivity contribution in [2.24, 2.45) is 5.92 Å². The molecule has 1 unspecified atom stereocenters. The molecule has 0 heterocycles. The molecule has 0 spiro atoms. The summed E-state index contributed by atoms with van der Waals surface area (Å²) in [4.78, 5) is 0. The second-order valence-corrected chi connectivity index (χ2v) is 5.29. The molecule has 0 aromatic heterocycles. The Bertz CT molecular complexity index is 397. The first kappa shape index (κ1) is 14.9. The Hall–Kier alpha value is -1.19. The average Bonchev–Trinajstić information content (AvgIpc) is 2.17. The van der Waals surface area contributed by atoms with Gasteiger partial charge in [0.1, 0.15) is 0 Å². The van der Waals surface area contributed by atoms with Crippen molar-refractivity contribution >= 4 is 5.69 Å². The minimum Gasteiger partial charge on any atom is -0.398 e. The second kappa shape index (κ2) is 5.63. The molecule has 1 atom stereocenters. The molecular weight excluding hydrogens is 239 g/mol. The van der Waals surface area contributed by atoms with Crippen LogP contribution in [0.3, 0.4) is 0 Å². The van der Waals surface area contributed by atoms with Crippen molar-refractivity contribution in [3.05, 3.63) is 29.3 Å². The van der Waals surface area contributed by atoms with E-state index in [4.69, 9.17) is 5.73 Å². The maximum Gasteiger partial charge on any atom is 0.393 e. The van der Waals surface area contributed by atoms with Gasteiger partial charge in [-0.2, -0.15) is 13.2 Å². The average molecular weight is 259 g/mol. The summed E-state index contributed by atoms with van der Waals surface area (Å²) in [5.41, 5.74) is 7.53. The van der Waals surface area contributed by atoms with Crippen LogP contribution in [0.25, 0.3) is 0 Å². The van der Waals surface area contributed by atoms with Crippen molar-refractivity contribution in [3.63, 3.8) is 0 Å². The summed E-state index contributed by atoms with van der Waals surface area (Å²) in [6, 6.07) is 4.62. The number of nitrogen functional groups attached to an aromatic ring is 1. The Morgan fingerprint density at radius 2 is 1.78 bits per heavy atom. The van der Waals surface area contributed by atoms with Crippen LogP contribution < -0.4 is 5.73 Å². The number of anilines is 1. The first-order valence-corrected chi connectivity index (χ1v) is 6.14. The largest absolute Gasteiger partial charge is 0.398 e. The summed E-state index contributed by atoms with van der Waals surface area (Å²) >= 11 is 0. The summed E-state index contributed by atoms with van der Waals surface area (Å²) in [5, 5.41) is 0. The number of benzene rings is 1. The number of rotatable bonds is 4. The Morgan fingerprint density at radius 1 is 1.17 bits per heavy atom. The Labute approximate surface area is 106 Å². The van der Waals surface area contributed by atoms with Gasteiger partial charge in [-0.25, -0.2) is 0 Å². The fourth-order valence-electron chi connectivity index (χ4n) is 2.23. The van der Waals surface area contributed by atoms with Gasteiger partial charge in [-0.3, -0.25) is 0 Å². The fraction of sp³-hybridized carbons (Fsp3) is 0.571. The number of nitrogens with two attached hydrogens (primary N) is 1. The molecule has 0 aliphatic heterocycles. The van der Waals surface area contributed by atoms with Crippen LogP contribution in [0.5, 0.6) is 0 Å². The highest BCUT2D eigenvalue weighted by Gasteiger charge is 2.28. The van der Waals surface area contributed by atoms with Gasteiger partial charge in [0.05, 0.1) is 6.42 Å². The topological polar surface area (TPSA) is 26.0 Å². The Morgan fingerprint density at radius 3 is 2.28 bits per heavy atom. The summed E-state index contributed by atoms with van der Waals surface area (Å²) < 4.78 is 37.1. The van der Waals surface area contributed by atoms with Crippen LogP contribution in [-0.4, -0.2) is 6.18 Å². The number of hydrogen-bond donors (Lipinski definition) is 1. The first-order valence-electron chi connectivity index (χ1n) is 6.14. The molecule has 0 bridgehead atoms. The summed E-state index contributed by atoms with van der Waals surface area (Å²) in [7, 11) is 0. The Balaban J connectivity index is 2.94. The van der Waals surface area contributed by atoms with E-state index in [2.05, 4.69) is 13.8 Å². The van der Waals surface area contributed by atoms with Gasteiger partial charge in [0.25, 0.3) is 0 Å². The molecule has 0 radical (unpaired) electrons. The van der Waals surface area contributed by atoms with Crippen LogP contribution in [0.15, 0.2) is 18.2 Å². The maximum absolute atomic E-state index is 12.4. The van der Waals surface area contributed by atoms with Crippen molar-refractivity contribution < 1.29 is 13.2 Å². The normalized spacial score (nSPS) is 13.9. The van der Waals surface area contributed by atoms with Gasteiger partial charge in [-0.15, -0.1) is 0 Å². The van der Waals surface area contributed by atoms with E-state index in [9.17, 15) is 13.2 Å². The van der Waals surface area contributed by atoms with E-state index in [1.807, 2.05) is 6.92 Å². The zero-order valence-electron chi connectivity index (χ0n) is 11.0. The van der Waals surface area contributed by atoms with Crippen molar-refractivity contribution in [1.82, 2.24) is 0 Å². The van der Waals surface area contributed by atoms with Crippen LogP contribution in [-0.2, 0) is 6.42 Å². The maximum atomic E-state index is 12.4. The lowest BCUT2D eigenvalue weighted by atomic mass is 9.89. The van der Waals surface area contributed by atoms with Gasteiger partial charge in [-0.05, 0) is 35.4 Å². The molecular formula is C14H20F3N. The smallest absolute Gasteiger partial charge is 0.393 e. The molecule has 1 nitrogen and oxygen atoms in total. The first-order chi connectivity index (χ1) is 8.19. The second-order valence-electron chi connectivity index (χ2n) is 5.29. The molecule has 0 aliphatic rings. The zero-order valence-corrected chi connectivity index (χ0v) is 11.0. The zero-order chi connectivity index (χ0) is 13.9. The van der Waals surface area contributed by atoms with Gasteiger partial charge in [0, 0.05) is 5.69 Å². The van der Waals surface area contributed by atoms with Crippen LogP contribution in [0.2, 0.25) is 0 Å². The summed E-state index contributed by atoms with van der Waals surface area (Å²) in [6.45, 7) is 6.18. The highest BCUT2D eigenvalue weighted by molar-refractivity contribution is 5.50. The Kier molecular flexibility index (Phi) is 4.65. The van der Waals surface area contributed by atoms with Crippen LogP contribution in [0.4, 0.5) is 18.9 Å². The summed E-state index contributed by atoms with van der Waals surface area (Å²) in [5.74, 6) is 0.670. The van der Waals surface area contributed by atoms with Gasteiger partial charge >= 0.3 is 6.18 Å². The lowest BCUT2D eigenvalue weighted by Gasteiger charge is -2.18. The molecule has 1 aromatic rings. The van der Waals surface area contributed by atoms with E-state index < -0.39 is 12.6 Å². The number of hydrogen-bond acceptors (Lipinski definition) is 1. The van der Waals surface area contributed by atoms with Gasteiger partial charge in [0.2, 0.25) is 0 Å². The predicted octanol–water partition coefficient (Wildman–Crippen LogP) is 4.52. The van der Waals surface area contributed by atoms with E-state index in [-0.39, 0.29) is 11.5 Å². The van der Waals surface area contributed by atoms with E-state index in [0.717, 1.165) is 12.0 Å². The van der Waals surface area contributed by atoms with E-state index in [0.29, 0.717) is 11.6 Å². The number of halogens is 3. The molecule has 1 aromatic carbocycles. The van der Waals surface area contributed by atoms with Crippen molar-refractivity contribution in [2.45, 2.75) is 45.7 Å². The fourth-order valence-corrected chi connectivity index (χ4v) is 2.23. The van der Waals surface area contributed by atoms with E-state index in [1.54, 1.807) is 12.1 Å². The molecule has 18 heavy (non-hydrogen) atoms. The minimum atomic E-state index is -4.17. The molecule has 0 amide bonds. The highest BCUT2D eigenvalue weighted by atomic mass is 19.4. The van der Waals surface area contributed by atoms with Gasteiger partial charge < -0.3 is 5.73 Å².